The minimum absolute atomic E-state index is 0.0871. The number of nitrogens with zero attached hydrogens (tertiary/aromatic N) is 1. The molecule has 1 unspecified atom stereocenters. The molecule has 0 radical (unpaired) electrons. The summed E-state index contributed by atoms with van der Waals surface area (Å²) in [7, 11) is 1.51. The highest BCUT2D eigenvalue weighted by atomic mass is 19.4. The van der Waals surface area contributed by atoms with Gasteiger partial charge in [-0.15, -0.1) is 0 Å². The van der Waals surface area contributed by atoms with Gasteiger partial charge < -0.3 is 5.32 Å². The first-order chi connectivity index (χ1) is 9.71. The summed E-state index contributed by atoms with van der Waals surface area (Å²) in [5, 5.41) is 3.35. The molecule has 1 atom stereocenters. The molecule has 1 aromatic rings. The Morgan fingerprint density at radius 2 is 1.71 bits per heavy atom. The van der Waals surface area contributed by atoms with Gasteiger partial charge in [0.05, 0.1) is 6.54 Å². The van der Waals surface area contributed by atoms with Gasteiger partial charge in [0.2, 0.25) is 0 Å². The van der Waals surface area contributed by atoms with E-state index in [4.69, 9.17) is 0 Å². The molecule has 0 heterocycles. The molecule has 2 nitrogen and oxygen atoms in total. The Bertz CT molecular complexity index is 423. The van der Waals surface area contributed by atoms with E-state index in [1.165, 1.54) is 11.9 Å². The number of aryl methyl sites for hydroxylation is 2. The molecule has 1 N–H and O–H groups in total. The van der Waals surface area contributed by atoms with Gasteiger partial charge in [0.1, 0.15) is 0 Å². The van der Waals surface area contributed by atoms with Gasteiger partial charge in [0, 0.05) is 12.6 Å². The van der Waals surface area contributed by atoms with Crippen LogP contribution in [0.2, 0.25) is 0 Å². The number of hydrogen-bond donors (Lipinski definition) is 1. The van der Waals surface area contributed by atoms with Crippen molar-refractivity contribution in [1.82, 2.24) is 10.2 Å². The summed E-state index contributed by atoms with van der Waals surface area (Å²) in [6.45, 7) is 6.30. The number of alkyl halides is 3. The van der Waals surface area contributed by atoms with Gasteiger partial charge in [-0.2, -0.15) is 13.2 Å². The van der Waals surface area contributed by atoms with Crippen LogP contribution in [-0.4, -0.2) is 37.8 Å². The van der Waals surface area contributed by atoms with E-state index in [1.807, 2.05) is 32.9 Å². The van der Waals surface area contributed by atoms with Crippen molar-refractivity contribution in [2.24, 2.45) is 0 Å². The molecule has 0 aromatic heterocycles. The smallest absolute Gasteiger partial charge is 0.309 e. The van der Waals surface area contributed by atoms with E-state index in [-0.39, 0.29) is 6.04 Å². The molecular weight excluding hydrogens is 277 g/mol. The molecule has 1 aromatic carbocycles. The number of halogens is 3. The van der Waals surface area contributed by atoms with Crippen molar-refractivity contribution < 1.29 is 13.2 Å². The average molecular weight is 302 g/mol. The van der Waals surface area contributed by atoms with Crippen LogP contribution in [0, 0.1) is 13.8 Å². The standard InChI is InChI=1S/C16H25F3N2/c1-5-6-20-15(10-21(4)11-16(17,18)19)14-8-12(2)7-13(3)9-14/h7-9,15,20H,5-6,10-11H2,1-4H3. The second-order valence-corrected chi connectivity index (χ2v) is 5.74. The fourth-order valence-corrected chi connectivity index (χ4v) is 2.50. The summed E-state index contributed by atoms with van der Waals surface area (Å²) in [6, 6.07) is 6.07. The van der Waals surface area contributed by atoms with Crippen molar-refractivity contribution in [2.75, 3.05) is 26.7 Å². The van der Waals surface area contributed by atoms with E-state index < -0.39 is 12.7 Å². The van der Waals surface area contributed by atoms with Crippen LogP contribution in [0.25, 0.3) is 0 Å². The molecule has 0 aliphatic heterocycles. The maximum Gasteiger partial charge on any atom is 0.401 e. The summed E-state index contributed by atoms with van der Waals surface area (Å²) in [6.07, 6.45) is -3.21. The zero-order valence-corrected chi connectivity index (χ0v) is 13.2. The first kappa shape index (κ1) is 18.0. The van der Waals surface area contributed by atoms with E-state index in [9.17, 15) is 13.2 Å². The van der Waals surface area contributed by atoms with Crippen molar-refractivity contribution in [1.29, 1.82) is 0 Å². The van der Waals surface area contributed by atoms with Crippen molar-refractivity contribution in [2.45, 2.75) is 39.4 Å². The topological polar surface area (TPSA) is 15.3 Å². The highest BCUT2D eigenvalue weighted by Crippen LogP contribution is 2.21. The van der Waals surface area contributed by atoms with Gasteiger partial charge in [-0.1, -0.05) is 36.2 Å². The summed E-state index contributed by atoms with van der Waals surface area (Å²) in [5.41, 5.74) is 3.31. The molecule has 0 aliphatic carbocycles. The van der Waals surface area contributed by atoms with Gasteiger partial charge in [0.25, 0.3) is 0 Å². The Morgan fingerprint density at radius 3 is 2.19 bits per heavy atom. The quantitative estimate of drug-likeness (QED) is 0.823. The number of benzene rings is 1. The molecule has 21 heavy (non-hydrogen) atoms. The molecule has 0 fully saturated rings. The molecule has 5 heteroatoms. The van der Waals surface area contributed by atoms with Crippen molar-refractivity contribution in [3.05, 3.63) is 34.9 Å². The van der Waals surface area contributed by atoms with Crippen LogP contribution in [-0.2, 0) is 0 Å². The first-order valence-electron chi connectivity index (χ1n) is 7.28. The highest BCUT2D eigenvalue weighted by molar-refractivity contribution is 5.31. The second-order valence-electron chi connectivity index (χ2n) is 5.74. The molecule has 0 amide bonds. The Labute approximate surface area is 125 Å². The first-order valence-corrected chi connectivity index (χ1v) is 7.28. The lowest BCUT2D eigenvalue weighted by Gasteiger charge is -2.26. The van der Waals surface area contributed by atoms with Gasteiger partial charge in [-0.3, -0.25) is 4.90 Å². The molecule has 0 saturated heterocycles. The van der Waals surface area contributed by atoms with E-state index in [2.05, 4.69) is 11.4 Å². The number of nitrogens with one attached hydrogen (secondary N) is 1. The zero-order chi connectivity index (χ0) is 16.0. The van der Waals surface area contributed by atoms with Crippen LogP contribution >= 0.6 is 0 Å². The minimum atomic E-state index is -4.16. The third kappa shape index (κ3) is 6.96. The number of rotatable bonds is 7. The second kappa shape index (κ2) is 7.80. The summed E-state index contributed by atoms with van der Waals surface area (Å²) in [4.78, 5) is 1.32. The van der Waals surface area contributed by atoms with Gasteiger partial charge in [-0.25, -0.2) is 0 Å². The highest BCUT2D eigenvalue weighted by Gasteiger charge is 2.30. The molecule has 0 saturated carbocycles. The Morgan fingerprint density at radius 1 is 1.14 bits per heavy atom. The Kier molecular flexibility index (Phi) is 6.68. The molecular formula is C16H25F3N2. The Balaban J connectivity index is 2.84. The molecule has 120 valence electrons. The van der Waals surface area contributed by atoms with Crippen LogP contribution in [0.5, 0.6) is 0 Å². The SMILES string of the molecule is CCCNC(CN(C)CC(F)(F)F)c1cc(C)cc(C)c1. The fraction of sp³-hybridized carbons (Fsp3) is 0.625. The molecule has 1 rings (SSSR count). The van der Waals surface area contributed by atoms with Crippen LogP contribution < -0.4 is 5.32 Å². The third-order valence-corrected chi connectivity index (χ3v) is 3.23. The minimum Gasteiger partial charge on any atom is -0.309 e. The lowest BCUT2D eigenvalue weighted by Crippen LogP contribution is -2.38. The predicted molar refractivity (Wildman–Crippen MR) is 80.5 cm³/mol. The van der Waals surface area contributed by atoms with E-state index in [0.717, 1.165) is 29.7 Å². The van der Waals surface area contributed by atoms with Crippen molar-refractivity contribution >= 4 is 0 Å². The summed E-state index contributed by atoms with van der Waals surface area (Å²) in [5.74, 6) is 0. The molecule has 0 aliphatic rings. The van der Waals surface area contributed by atoms with Crippen LogP contribution in [0.3, 0.4) is 0 Å². The lowest BCUT2D eigenvalue weighted by atomic mass is 10.0. The summed E-state index contributed by atoms with van der Waals surface area (Å²) < 4.78 is 37.4. The normalized spacial score (nSPS) is 13.7. The van der Waals surface area contributed by atoms with E-state index >= 15 is 0 Å². The van der Waals surface area contributed by atoms with Crippen molar-refractivity contribution in [3.63, 3.8) is 0 Å². The largest absolute Gasteiger partial charge is 0.401 e. The van der Waals surface area contributed by atoms with Crippen LogP contribution in [0.15, 0.2) is 18.2 Å². The van der Waals surface area contributed by atoms with Crippen LogP contribution in [0.1, 0.15) is 36.1 Å². The third-order valence-electron chi connectivity index (χ3n) is 3.23. The number of hydrogen-bond acceptors (Lipinski definition) is 2. The van der Waals surface area contributed by atoms with Crippen molar-refractivity contribution in [3.8, 4) is 0 Å². The molecule has 0 spiro atoms. The maximum absolute atomic E-state index is 12.5. The fourth-order valence-electron chi connectivity index (χ4n) is 2.50. The lowest BCUT2D eigenvalue weighted by molar-refractivity contribution is -0.143. The monoisotopic (exact) mass is 302 g/mol. The van der Waals surface area contributed by atoms with Gasteiger partial charge >= 0.3 is 6.18 Å². The number of likely N-dealkylation sites (N-methyl/N-ethyl adjacent to an activating group) is 1. The van der Waals surface area contributed by atoms with E-state index in [1.54, 1.807) is 0 Å². The predicted octanol–water partition coefficient (Wildman–Crippen LogP) is 3.84. The van der Waals surface area contributed by atoms with Gasteiger partial charge in [-0.05, 0) is 39.4 Å². The average Bonchev–Trinajstić information content (AvgIpc) is 2.30. The molecule has 0 bridgehead atoms. The Hall–Kier alpha value is -1.07. The zero-order valence-electron chi connectivity index (χ0n) is 13.2. The van der Waals surface area contributed by atoms with E-state index in [0.29, 0.717) is 6.54 Å². The summed E-state index contributed by atoms with van der Waals surface area (Å²) >= 11 is 0. The van der Waals surface area contributed by atoms with Crippen LogP contribution in [0.4, 0.5) is 13.2 Å². The maximum atomic E-state index is 12.5. The van der Waals surface area contributed by atoms with Gasteiger partial charge in [0.15, 0.2) is 0 Å².